The molecule has 5 aromatic carbocycles. The number of methoxy groups -OCH3 is 1. The van der Waals surface area contributed by atoms with Gasteiger partial charge in [-0.15, -0.1) is 0 Å². The van der Waals surface area contributed by atoms with Crippen molar-refractivity contribution in [3.8, 4) is 17.2 Å². The minimum atomic E-state index is -2.05. The highest BCUT2D eigenvalue weighted by atomic mass is 16.6. The molecule has 1 amide bonds. The van der Waals surface area contributed by atoms with Crippen LogP contribution in [0, 0.1) is 5.92 Å². The van der Waals surface area contributed by atoms with Crippen LogP contribution in [-0.4, -0.2) is 83.6 Å². The quantitative estimate of drug-likeness (QED) is 0.0418. The molecule has 1 aliphatic rings. The Morgan fingerprint density at radius 1 is 0.889 bits per heavy atom. The number of fused-ring (bicyclic) bond motifs is 1. The molecule has 6 aromatic rings. The average molecular weight is 855 g/mol. The first-order valence-electron chi connectivity index (χ1n) is 21.3. The first-order valence-corrected chi connectivity index (χ1v) is 21.3. The second kappa shape index (κ2) is 21.0. The Labute approximate surface area is 366 Å². The number of aliphatic hydroxyl groups is 2. The standard InChI is InChI=1S/C50H54N4O9/c1-61-45-28-36(16-17-37(45)30-51-31-44(56)41-18-20-43(55)47-42(41)19-21-46(57)53-47)48(58)52-24-9-27-62-40-15-8-14-39(29-40)50(60,38-12-6-3-7-13-38)49(59)63-33-35-22-25-54(26-23-35)32-34-10-4-2-5-11-34/h2-8,10-21,28-29,35,44,51,55-56,60H,9,22-27,30-33H2,1H3,(H,52,58)(H,53,57). The summed E-state index contributed by atoms with van der Waals surface area (Å²) in [5.74, 6) is 0.0538. The smallest absolute Gasteiger partial charge is 0.347 e. The van der Waals surface area contributed by atoms with E-state index in [-0.39, 0.29) is 48.4 Å². The number of carbonyl (C=O) groups is 2. The molecule has 1 aliphatic heterocycles. The number of carbonyl (C=O) groups excluding carboxylic acids is 2. The summed E-state index contributed by atoms with van der Waals surface area (Å²) in [6.07, 6.45) is 1.35. The molecule has 13 nitrogen and oxygen atoms in total. The van der Waals surface area contributed by atoms with Gasteiger partial charge in [0.2, 0.25) is 11.2 Å². The largest absolute Gasteiger partial charge is 0.506 e. The van der Waals surface area contributed by atoms with Crippen LogP contribution in [0.15, 0.2) is 132 Å². The minimum absolute atomic E-state index is 0.0811. The van der Waals surface area contributed by atoms with Crippen molar-refractivity contribution in [3.05, 3.63) is 171 Å². The van der Waals surface area contributed by atoms with Gasteiger partial charge in [0, 0.05) is 54.3 Å². The van der Waals surface area contributed by atoms with Crippen LogP contribution in [0.1, 0.15) is 63.5 Å². The van der Waals surface area contributed by atoms with Gasteiger partial charge < -0.3 is 45.1 Å². The summed E-state index contributed by atoms with van der Waals surface area (Å²) in [5, 5.41) is 39.9. The van der Waals surface area contributed by atoms with E-state index < -0.39 is 17.7 Å². The fourth-order valence-electron chi connectivity index (χ4n) is 7.94. The van der Waals surface area contributed by atoms with Crippen molar-refractivity contribution in [2.75, 3.05) is 46.5 Å². The van der Waals surface area contributed by atoms with E-state index in [2.05, 4.69) is 44.8 Å². The van der Waals surface area contributed by atoms with E-state index in [1.54, 1.807) is 78.9 Å². The van der Waals surface area contributed by atoms with Crippen LogP contribution < -0.4 is 25.7 Å². The van der Waals surface area contributed by atoms with Crippen LogP contribution in [0.3, 0.4) is 0 Å². The summed E-state index contributed by atoms with van der Waals surface area (Å²) < 4.78 is 17.5. The van der Waals surface area contributed by atoms with Gasteiger partial charge in [-0.05, 0) is 91.4 Å². The van der Waals surface area contributed by atoms with Crippen LogP contribution in [0.25, 0.3) is 10.9 Å². The van der Waals surface area contributed by atoms with Crippen molar-refractivity contribution < 1.29 is 39.1 Å². The number of aromatic amines is 1. The number of nitrogens with one attached hydrogen (secondary N) is 3. The van der Waals surface area contributed by atoms with Gasteiger partial charge in [-0.1, -0.05) is 84.9 Å². The number of aromatic hydroxyl groups is 1. The minimum Gasteiger partial charge on any atom is -0.506 e. The van der Waals surface area contributed by atoms with E-state index in [1.807, 2.05) is 12.1 Å². The van der Waals surface area contributed by atoms with Crippen molar-refractivity contribution in [1.29, 1.82) is 0 Å². The third kappa shape index (κ3) is 11.1. The summed E-state index contributed by atoms with van der Waals surface area (Å²) in [6, 6.07) is 37.1. The SMILES string of the molecule is COc1cc(C(=O)NCCCOc2cccc(C(O)(C(=O)OCC3CCN(Cc4ccccc4)CC3)c3ccccc3)c2)ccc1CNCC(O)c1ccc(O)c2[nH]c(=O)ccc12. The number of likely N-dealkylation sites (tertiary alicyclic amines) is 1. The lowest BCUT2D eigenvalue weighted by atomic mass is 9.86. The number of phenolic OH excluding ortho intramolecular Hbond substituents is 1. The third-order valence-corrected chi connectivity index (χ3v) is 11.5. The van der Waals surface area contributed by atoms with Crippen molar-refractivity contribution in [3.63, 3.8) is 0 Å². The number of rotatable bonds is 19. The normalized spacial score (nSPS) is 14.7. The Morgan fingerprint density at radius 3 is 2.40 bits per heavy atom. The van der Waals surface area contributed by atoms with Gasteiger partial charge in [-0.3, -0.25) is 14.5 Å². The van der Waals surface area contributed by atoms with Crippen molar-refractivity contribution >= 4 is 22.8 Å². The highest BCUT2D eigenvalue weighted by Crippen LogP contribution is 2.34. The summed E-state index contributed by atoms with van der Waals surface area (Å²) in [7, 11) is 1.52. The van der Waals surface area contributed by atoms with Gasteiger partial charge in [-0.2, -0.15) is 0 Å². The molecule has 1 aromatic heterocycles. The topological polar surface area (TPSA) is 183 Å². The number of phenols is 1. The van der Waals surface area contributed by atoms with E-state index in [4.69, 9.17) is 14.2 Å². The molecule has 2 unspecified atom stereocenters. The molecule has 13 heteroatoms. The molecule has 0 saturated carbocycles. The molecule has 7 rings (SSSR count). The van der Waals surface area contributed by atoms with E-state index in [9.17, 15) is 29.7 Å². The van der Waals surface area contributed by atoms with Gasteiger partial charge in [0.05, 0.1) is 31.9 Å². The molecular weight excluding hydrogens is 801 g/mol. The Hall–Kier alpha value is -6.51. The Balaban J connectivity index is 0.880. The predicted octanol–water partition coefficient (Wildman–Crippen LogP) is 5.96. The number of esters is 1. The van der Waals surface area contributed by atoms with E-state index in [1.165, 1.54) is 24.8 Å². The number of ether oxygens (including phenoxy) is 3. The number of hydrogen-bond acceptors (Lipinski definition) is 11. The lowest BCUT2D eigenvalue weighted by molar-refractivity contribution is -0.164. The number of amides is 1. The lowest BCUT2D eigenvalue weighted by Gasteiger charge is -2.33. The fourth-order valence-corrected chi connectivity index (χ4v) is 7.94. The second-order valence-electron chi connectivity index (χ2n) is 15.8. The van der Waals surface area contributed by atoms with Gasteiger partial charge >= 0.3 is 5.97 Å². The highest BCUT2D eigenvalue weighted by molar-refractivity contribution is 5.94. The first-order chi connectivity index (χ1) is 30.6. The van der Waals surface area contributed by atoms with Crippen LogP contribution in [-0.2, 0) is 28.2 Å². The first kappa shape index (κ1) is 44.5. The van der Waals surface area contributed by atoms with Gasteiger partial charge in [-0.25, -0.2) is 4.79 Å². The molecule has 0 radical (unpaired) electrons. The maximum atomic E-state index is 13.8. The average Bonchev–Trinajstić information content (AvgIpc) is 3.31. The number of pyridine rings is 1. The van der Waals surface area contributed by atoms with E-state index in [0.717, 1.165) is 38.0 Å². The zero-order valence-corrected chi connectivity index (χ0v) is 35.3. The zero-order valence-electron chi connectivity index (χ0n) is 35.3. The molecule has 2 heterocycles. The maximum Gasteiger partial charge on any atom is 0.347 e. The van der Waals surface area contributed by atoms with E-state index >= 15 is 0 Å². The number of aliphatic hydroxyl groups excluding tert-OH is 1. The third-order valence-electron chi connectivity index (χ3n) is 11.5. The molecule has 1 saturated heterocycles. The summed E-state index contributed by atoms with van der Waals surface area (Å²) in [4.78, 5) is 43.7. The monoisotopic (exact) mass is 854 g/mol. The second-order valence-corrected chi connectivity index (χ2v) is 15.8. The summed E-state index contributed by atoms with van der Waals surface area (Å²) in [6.45, 7) is 4.04. The molecule has 6 N–H and O–H groups in total. The zero-order chi connectivity index (χ0) is 44.2. The Morgan fingerprint density at radius 2 is 1.63 bits per heavy atom. The summed E-state index contributed by atoms with van der Waals surface area (Å²) >= 11 is 0. The molecule has 1 fully saturated rings. The Kier molecular flexibility index (Phi) is 14.9. The fraction of sp³-hybridized carbons (Fsp3) is 0.300. The highest BCUT2D eigenvalue weighted by Gasteiger charge is 2.42. The van der Waals surface area contributed by atoms with Crippen molar-refractivity contribution in [2.24, 2.45) is 5.92 Å². The molecule has 63 heavy (non-hydrogen) atoms. The molecule has 0 aliphatic carbocycles. The Bertz CT molecular complexity index is 2530. The van der Waals surface area contributed by atoms with Gasteiger partial charge in [0.1, 0.15) is 17.2 Å². The maximum absolute atomic E-state index is 13.8. The number of piperidine rings is 1. The van der Waals surface area contributed by atoms with Crippen LogP contribution >= 0.6 is 0 Å². The summed E-state index contributed by atoms with van der Waals surface area (Å²) in [5.41, 5.74) is 1.60. The number of benzene rings is 5. The van der Waals surface area contributed by atoms with Crippen molar-refractivity contribution in [1.82, 2.24) is 20.5 Å². The van der Waals surface area contributed by atoms with Crippen LogP contribution in [0.5, 0.6) is 17.2 Å². The lowest BCUT2D eigenvalue weighted by Crippen LogP contribution is -2.40. The number of nitrogens with zero attached hydrogens (tertiary/aromatic N) is 1. The number of aromatic nitrogens is 1. The van der Waals surface area contributed by atoms with Crippen LogP contribution in [0.2, 0.25) is 0 Å². The van der Waals surface area contributed by atoms with Gasteiger partial charge in [0.25, 0.3) is 5.91 Å². The molecule has 328 valence electrons. The van der Waals surface area contributed by atoms with Crippen LogP contribution in [0.4, 0.5) is 0 Å². The predicted molar refractivity (Wildman–Crippen MR) is 240 cm³/mol. The van der Waals surface area contributed by atoms with E-state index in [0.29, 0.717) is 58.6 Å². The van der Waals surface area contributed by atoms with Crippen molar-refractivity contribution in [2.45, 2.75) is 44.1 Å². The molecule has 0 bridgehead atoms. The molecule has 2 atom stereocenters. The number of hydrogen-bond donors (Lipinski definition) is 6. The van der Waals surface area contributed by atoms with Gasteiger partial charge in [0.15, 0.2) is 0 Å². The number of H-pyrrole nitrogens is 1. The molecular formula is C50H54N4O9. The molecule has 0 spiro atoms.